The summed E-state index contributed by atoms with van der Waals surface area (Å²) >= 11 is 0. The van der Waals surface area contributed by atoms with Gasteiger partial charge in [0.2, 0.25) is 5.91 Å². The molecule has 0 aromatic heterocycles. The summed E-state index contributed by atoms with van der Waals surface area (Å²) in [6.07, 6.45) is 3.05. The van der Waals surface area contributed by atoms with Crippen LogP contribution in [0.3, 0.4) is 0 Å². The number of ether oxygens (including phenoxy) is 2. The van der Waals surface area contributed by atoms with E-state index in [4.69, 9.17) is 4.74 Å². The first-order valence-electron chi connectivity index (χ1n) is 9.56. The minimum Gasteiger partial charge on any atom is -0.497 e. The summed E-state index contributed by atoms with van der Waals surface area (Å²) in [5, 5.41) is 2.95. The predicted octanol–water partition coefficient (Wildman–Crippen LogP) is 4.54. The maximum absolute atomic E-state index is 13.4. The molecule has 0 saturated carbocycles. The van der Waals surface area contributed by atoms with Gasteiger partial charge in [0.25, 0.3) is 0 Å². The first-order chi connectivity index (χ1) is 15.0. The van der Waals surface area contributed by atoms with Gasteiger partial charge in [-0.05, 0) is 59.2 Å². The van der Waals surface area contributed by atoms with Crippen molar-refractivity contribution in [3.8, 4) is 5.75 Å². The van der Waals surface area contributed by atoms with Crippen molar-refractivity contribution in [3.05, 3.63) is 107 Å². The Morgan fingerprint density at radius 3 is 2.00 bits per heavy atom. The van der Waals surface area contributed by atoms with Crippen LogP contribution in [-0.2, 0) is 9.53 Å². The third-order valence-electron chi connectivity index (χ3n) is 4.70. The van der Waals surface area contributed by atoms with E-state index in [2.05, 4.69) is 10.1 Å². The van der Waals surface area contributed by atoms with Crippen molar-refractivity contribution in [2.24, 2.45) is 0 Å². The highest BCUT2D eigenvalue weighted by molar-refractivity contribution is 5.93. The Morgan fingerprint density at radius 2 is 1.45 bits per heavy atom. The zero-order chi connectivity index (χ0) is 22.2. The number of carbonyl (C=O) groups excluding carboxylic acids is 2. The standard InChI is InChI=1S/C25H22FNO4/c1-30-22-14-10-19(11-15-22)24(18-8-12-21(26)13-9-18)27-23(28)16-5-17-3-6-20(7-4-17)25(29)31-2/h3-16,24H,1-2H3,(H,27,28). The van der Waals surface area contributed by atoms with Crippen LogP contribution in [0, 0.1) is 5.82 Å². The zero-order valence-corrected chi connectivity index (χ0v) is 17.2. The van der Waals surface area contributed by atoms with Crippen molar-refractivity contribution in [2.75, 3.05) is 14.2 Å². The molecule has 6 heteroatoms. The number of methoxy groups -OCH3 is 2. The van der Waals surface area contributed by atoms with Crippen LogP contribution in [0.2, 0.25) is 0 Å². The molecule has 0 aliphatic heterocycles. The lowest BCUT2D eigenvalue weighted by atomic mass is 9.98. The lowest BCUT2D eigenvalue weighted by Crippen LogP contribution is -2.27. The Kier molecular flexibility index (Phi) is 7.17. The molecular weight excluding hydrogens is 397 g/mol. The third kappa shape index (κ3) is 5.79. The van der Waals surface area contributed by atoms with E-state index in [0.717, 1.165) is 16.7 Å². The summed E-state index contributed by atoms with van der Waals surface area (Å²) < 4.78 is 23.2. The maximum Gasteiger partial charge on any atom is 0.337 e. The fraction of sp³-hybridized carbons (Fsp3) is 0.120. The normalized spacial score (nSPS) is 11.7. The molecule has 3 aromatic rings. The molecule has 0 fully saturated rings. The summed E-state index contributed by atoms with van der Waals surface area (Å²) in [6.45, 7) is 0. The van der Waals surface area contributed by atoms with Crippen LogP contribution >= 0.6 is 0 Å². The van der Waals surface area contributed by atoms with E-state index in [-0.39, 0.29) is 11.7 Å². The molecule has 0 spiro atoms. The molecule has 1 unspecified atom stereocenters. The van der Waals surface area contributed by atoms with E-state index in [1.807, 2.05) is 12.1 Å². The fourth-order valence-corrected chi connectivity index (χ4v) is 3.02. The Balaban J connectivity index is 1.78. The summed E-state index contributed by atoms with van der Waals surface area (Å²) in [7, 11) is 2.90. The van der Waals surface area contributed by atoms with Crippen molar-refractivity contribution in [1.82, 2.24) is 5.32 Å². The van der Waals surface area contributed by atoms with Crippen LogP contribution in [-0.4, -0.2) is 26.1 Å². The van der Waals surface area contributed by atoms with Gasteiger partial charge >= 0.3 is 5.97 Å². The van der Waals surface area contributed by atoms with Gasteiger partial charge in [0.1, 0.15) is 11.6 Å². The molecule has 0 aliphatic rings. The van der Waals surface area contributed by atoms with Crippen LogP contribution in [0.5, 0.6) is 5.75 Å². The summed E-state index contributed by atoms with van der Waals surface area (Å²) in [6, 6.07) is 19.5. The Labute approximate surface area is 180 Å². The van der Waals surface area contributed by atoms with Crippen LogP contribution in [0.1, 0.15) is 33.1 Å². The third-order valence-corrected chi connectivity index (χ3v) is 4.70. The number of rotatable bonds is 7. The molecule has 0 bridgehead atoms. The quantitative estimate of drug-likeness (QED) is 0.451. The van der Waals surface area contributed by atoms with Crippen LogP contribution in [0.25, 0.3) is 6.08 Å². The Bertz CT molecular complexity index is 1060. The molecule has 1 atom stereocenters. The second-order valence-corrected chi connectivity index (χ2v) is 6.71. The summed E-state index contributed by atoms with van der Waals surface area (Å²) in [5.74, 6) is -0.390. The molecule has 0 aliphatic carbocycles. The molecule has 158 valence electrons. The summed E-state index contributed by atoms with van der Waals surface area (Å²) in [5.41, 5.74) is 2.76. The Morgan fingerprint density at radius 1 is 0.871 bits per heavy atom. The fourth-order valence-electron chi connectivity index (χ4n) is 3.02. The minimum absolute atomic E-state index is 0.317. The number of carbonyl (C=O) groups is 2. The van der Waals surface area contributed by atoms with Crippen molar-refractivity contribution in [2.45, 2.75) is 6.04 Å². The molecule has 1 N–H and O–H groups in total. The smallest absolute Gasteiger partial charge is 0.337 e. The summed E-state index contributed by atoms with van der Waals surface area (Å²) in [4.78, 5) is 24.1. The first-order valence-corrected chi connectivity index (χ1v) is 9.56. The van der Waals surface area contributed by atoms with Gasteiger partial charge < -0.3 is 14.8 Å². The number of nitrogens with one attached hydrogen (secondary N) is 1. The molecule has 0 radical (unpaired) electrons. The average Bonchev–Trinajstić information content (AvgIpc) is 2.82. The first kappa shape index (κ1) is 21.8. The molecule has 3 rings (SSSR count). The number of benzene rings is 3. The van der Waals surface area contributed by atoms with Crippen molar-refractivity contribution >= 4 is 18.0 Å². The van der Waals surface area contributed by atoms with E-state index >= 15 is 0 Å². The number of hydrogen-bond acceptors (Lipinski definition) is 4. The van der Waals surface area contributed by atoms with Gasteiger partial charge in [0, 0.05) is 6.08 Å². The van der Waals surface area contributed by atoms with Gasteiger partial charge in [-0.15, -0.1) is 0 Å². The SMILES string of the molecule is COC(=O)c1ccc(C=CC(=O)NC(c2ccc(F)cc2)c2ccc(OC)cc2)cc1. The van der Waals surface area contributed by atoms with Crippen LogP contribution in [0.15, 0.2) is 78.9 Å². The number of esters is 1. The van der Waals surface area contributed by atoms with Crippen molar-refractivity contribution in [1.29, 1.82) is 0 Å². The zero-order valence-electron chi connectivity index (χ0n) is 17.2. The lowest BCUT2D eigenvalue weighted by molar-refractivity contribution is -0.116. The van der Waals surface area contributed by atoms with Gasteiger partial charge in [0.05, 0.1) is 25.8 Å². The molecule has 3 aromatic carbocycles. The number of hydrogen-bond donors (Lipinski definition) is 1. The molecular formula is C25H22FNO4. The van der Waals surface area contributed by atoms with Crippen molar-refractivity contribution < 1.29 is 23.5 Å². The average molecular weight is 419 g/mol. The number of amides is 1. The van der Waals surface area contributed by atoms with E-state index in [0.29, 0.717) is 11.3 Å². The topological polar surface area (TPSA) is 64.6 Å². The second kappa shape index (κ2) is 10.2. The predicted molar refractivity (Wildman–Crippen MR) is 116 cm³/mol. The molecule has 0 saturated heterocycles. The lowest BCUT2D eigenvalue weighted by Gasteiger charge is -2.19. The van der Waals surface area contributed by atoms with E-state index < -0.39 is 12.0 Å². The van der Waals surface area contributed by atoms with Gasteiger partial charge in [-0.2, -0.15) is 0 Å². The molecule has 1 amide bonds. The van der Waals surface area contributed by atoms with Gasteiger partial charge in [0.15, 0.2) is 0 Å². The van der Waals surface area contributed by atoms with Crippen LogP contribution < -0.4 is 10.1 Å². The molecule has 5 nitrogen and oxygen atoms in total. The second-order valence-electron chi connectivity index (χ2n) is 6.71. The highest BCUT2D eigenvalue weighted by Crippen LogP contribution is 2.24. The monoisotopic (exact) mass is 419 g/mol. The Hall–Kier alpha value is -3.93. The molecule has 0 heterocycles. The van der Waals surface area contributed by atoms with E-state index in [9.17, 15) is 14.0 Å². The maximum atomic E-state index is 13.4. The highest BCUT2D eigenvalue weighted by atomic mass is 19.1. The van der Waals surface area contributed by atoms with E-state index in [1.165, 1.54) is 25.3 Å². The molecule has 31 heavy (non-hydrogen) atoms. The van der Waals surface area contributed by atoms with Gasteiger partial charge in [-0.25, -0.2) is 9.18 Å². The van der Waals surface area contributed by atoms with Crippen molar-refractivity contribution in [3.63, 3.8) is 0 Å². The van der Waals surface area contributed by atoms with Gasteiger partial charge in [-0.1, -0.05) is 36.4 Å². The van der Waals surface area contributed by atoms with E-state index in [1.54, 1.807) is 61.7 Å². The highest BCUT2D eigenvalue weighted by Gasteiger charge is 2.16. The largest absolute Gasteiger partial charge is 0.497 e. The number of halogens is 1. The van der Waals surface area contributed by atoms with Crippen LogP contribution in [0.4, 0.5) is 4.39 Å². The minimum atomic E-state index is -0.467. The van der Waals surface area contributed by atoms with Gasteiger partial charge in [-0.3, -0.25) is 4.79 Å².